The zero-order valence-corrected chi connectivity index (χ0v) is 12.6. The van der Waals surface area contributed by atoms with Crippen LogP contribution in [0.25, 0.3) is 0 Å². The van der Waals surface area contributed by atoms with Crippen molar-refractivity contribution in [2.75, 3.05) is 30.7 Å². The van der Waals surface area contributed by atoms with Gasteiger partial charge in [0.1, 0.15) is 0 Å². The Morgan fingerprint density at radius 1 is 1.52 bits per heavy atom. The first-order chi connectivity index (χ1) is 10.1. The monoisotopic (exact) mass is 291 g/mol. The van der Waals surface area contributed by atoms with Crippen LogP contribution in [0, 0.1) is 6.92 Å². The van der Waals surface area contributed by atoms with E-state index in [0.717, 1.165) is 43.6 Å². The molecule has 1 unspecified atom stereocenters. The van der Waals surface area contributed by atoms with Gasteiger partial charge in [0.25, 0.3) is 0 Å². The summed E-state index contributed by atoms with van der Waals surface area (Å²) in [5.41, 5.74) is 8.21. The number of benzene rings is 1. The van der Waals surface area contributed by atoms with E-state index < -0.39 is 0 Å². The molecule has 1 atom stereocenters. The molecule has 21 heavy (non-hydrogen) atoms. The molecule has 4 N–H and O–H groups in total. The first kappa shape index (κ1) is 15.8. The molecule has 0 spiro atoms. The third-order valence-electron chi connectivity index (χ3n) is 4.21. The summed E-state index contributed by atoms with van der Waals surface area (Å²) in [4.78, 5) is 14.3. The number of carbonyl (C=O) groups is 1. The van der Waals surface area contributed by atoms with Gasteiger partial charge in [0.2, 0.25) is 5.91 Å². The van der Waals surface area contributed by atoms with Gasteiger partial charge in [-0.3, -0.25) is 9.69 Å². The molecular weight excluding hydrogens is 266 g/mol. The number of carbonyl (C=O) groups excluding carboxylic acids is 1. The Balaban J connectivity index is 1.76. The lowest BCUT2D eigenvalue weighted by Crippen LogP contribution is -2.33. The molecule has 1 heterocycles. The van der Waals surface area contributed by atoms with Gasteiger partial charge in [-0.2, -0.15) is 0 Å². The van der Waals surface area contributed by atoms with E-state index in [2.05, 4.69) is 10.2 Å². The Hall–Kier alpha value is -1.59. The number of nitrogens with zero attached hydrogens (tertiary/aromatic N) is 1. The number of anilines is 2. The maximum Gasteiger partial charge on any atom is 0.224 e. The van der Waals surface area contributed by atoms with Crippen LogP contribution in [0.2, 0.25) is 0 Å². The Morgan fingerprint density at radius 3 is 3.10 bits per heavy atom. The van der Waals surface area contributed by atoms with Crippen molar-refractivity contribution in [3.8, 4) is 0 Å². The number of amides is 1. The standard InChI is InChI=1S/C16H25N3O2/c1-12-14(17)6-2-7-15(12)18-16(21)8-4-10-19-9-3-5-13(19)11-20/h2,6-7,13,20H,3-5,8-11,17H2,1H3,(H,18,21). The third kappa shape index (κ3) is 4.19. The van der Waals surface area contributed by atoms with Crippen LogP contribution in [0.5, 0.6) is 0 Å². The van der Waals surface area contributed by atoms with Crippen molar-refractivity contribution in [1.29, 1.82) is 0 Å². The van der Waals surface area contributed by atoms with Gasteiger partial charge in [0, 0.05) is 23.8 Å². The number of likely N-dealkylation sites (tertiary alicyclic amines) is 1. The van der Waals surface area contributed by atoms with Gasteiger partial charge < -0.3 is 16.2 Å². The molecule has 116 valence electrons. The Labute approximate surface area is 126 Å². The van der Waals surface area contributed by atoms with Gasteiger partial charge in [-0.1, -0.05) is 6.07 Å². The second-order valence-electron chi connectivity index (χ2n) is 5.69. The van der Waals surface area contributed by atoms with E-state index in [1.54, 1.807) is 0 Å². The molecule has 5 nitrogen and oxygen atoms in total. The Morgan fingerprint density at radius 2 is 2.33 bits per heavy atom. The molecular formula is C16H25N3O2. The summed E-state index contributed by atoms with van der Waals surface area (Å²) in [6, 6.07) is 5.82. The third-order valence-corrected chi connectivity index (χ3v) is 4.21. The van der Waals surface area contributed by atoms with Gasteiger partial charge in [-0.25, -0.2) is 0 Å². The molecule has 1 aliphatic heterocycles. The largest absolute Gasteiger partial charge is 0.398 e. The minimum Gasteiger partial charge on any atom is -0.398 e. The van der Waals surface area contributed by atoms with Crippen LogP contribution >= 0.6 is 0 Å². The highest BCUT2D eigenvalue weighted by Crippen LogP contribution is 2.21. The molecule has 1 amide bonds. The van der Waals surface area contributed by atoms with Crippen LogP contribution in [0.3, 0.4) is 0 Å². The lowest BCUT2D eigenvalue weighted by molar-refractivity contribution is -0.116. The molecule has 1 aromatic rings. The number of hydrogen-bond acceptors (Lipinski definition) is 4. The lowest BCUT2D eigenvalue weighted by Gasteiger charge is -2.22. The number of hydrogen-bond donors (Lipinski definition) is 3. The Bertz CT molecular complexity index is 490. The highest BCUT2D eigenvalue weighted by molar-refractivity contribution is 5.92. The highest BCUT2D eigenvalue weighted by atomic mass is 16.3. The maximum absolute atomic E-state index is 12.0. The van der Waals surface area contributed by atoms with E-state index in [1.807, 2.05) is 25.1 Å². The minimum absolute atomic E-state index is 0.0171. The van der Waals surface area contributed by atoms with Crippen molar-refractivity contribution in [3.63, 3.8) is 0 Å². The van der Waals surface area contributed by atoms with Crippen molar-refractivity contribution in [1.82, 2.24) is 4.90 Å². The maximum atomic E-state index is 12.0. The molecule has 1 saturated heterocycles. The number of nitrogens with one attached hydrogen (secondary N) is 1. The van der Waals surface area contributed by atoms with Gasteiger partial charge in [0.15, 0.2) is 0 Å². The summed E-state index contributed by atoms with van der Waals surface area (Å²) < 4.78 is 0. The van der Waals surface area contributed by atoms with Gasteiger partial charge in [-0.15, -0.1) is 0 Å². The topological polar surface area (TPSA) is 78.6 Å². The summed E-state index contributed by atoms with van der Waals surface area (Å²) >= 11 is 0. The number of aliphatic hydroxyl groups is 1. The molecule has 0 bridgehead atoms. The summed E-state index contributed by atoms with van der Waals surface area (Å²) in [7, 11) is 0. The fraction of sp³-hybridized carbons (Fsp3) is 0.562. The zero-order valence-electron chi connectivity index (χ0n) is 12.6. The van der Waals surface area contributed by atoms with Gasteiger partial charge in [-0.05, 0) is 57.0 Å². The predicted molar refractivity (Wildman–Crippen MR) is 85.1 cm³/mol. The summed E-state index contributed by atoms with van der Waals surface area (Å²) in [5.74, 6) is 0.0171. The van der Waals surface area contributed by atoms with Crippen molar-refractivity contribution < 1.29 is 9.90 Å². The van der Waals surface area contributed by atoms with E-state index in [0.29, 0.717) is 12.1 Å². The molecule has 2 rings (SSSR count). The zero-order chi connectivity index (χ0) is 15.2. The molecule has 0 aromatic heterocycles. The van der Waals surface area contributed by atoms with Crippen LogP contribution in [0.4, 0.5) is 11.4 Å². The normalized spacial score (nSPS) is 18.9. The van der Waals surface area contributed by atoms with Gasteiger partial charge in [0.05, 0.1) is 6.61 Å². The van der Waals surface area contributed by atoms with Crippen molar-refractivity contribution in [2.24, 2.45) is 0 Å². The first-order valence-electron chi connectivity index (χ1n) is 7.61. The van der Waals surface area contributed by atoms with Crippen LogP contribution in [0.15, 0.2) is 18.2 Å². The molecule has 1 fully saturated rings. The van der Waals surface area contributed by atoms with E-state index in [4.69, 9.17) is 5.73 Å². The molecule has 0 radical (unpaired) electrons. The summed E-state index contributed by atoms with van der Waals surface area (Å²) in [6.45, 7) is 4.02. The van der Waals surface area contributed by atoms with Gasteiger partial charge >= 0.3 is 0 Å². The van der Waals surface area contributed by atoms with Crippen LogP contribution in [-0.4, -0.2) is 41.7 Å². The minimum atomic E-state index is 0.0171. The Kier molecular flexibility index (Phi) is 5.59. The fourth-order valence-electron chi connectivity index (χ4n) is 2.84. The smallest absolute Gasteiger partial charge is 0.224 e. The summed E-state index contributed by atoms with van der Waals surface area (Å²) in [5, 5.41) is 12.2. The van der Waals surface area contributed by atoms with E-state index in [-0.39, 0.29) is 18.6 Å². The first-order valence-corrected chi connectivity index (χ1v) is 7.61. The molecule has 5 heteroatoms. The van der Waals surface area contributed by atoms with E-state index in [1.165, 1.54) is 0 Å². The van der Waals surface area contributed by atoms with Crippen molar-refractivity contribution in [3.05, 3.63) is 23.8 Å². The SMILES string of the molecule is Cc1c(N)cccc1NC(=O)CCCN1CCCC1CO. The second-order valence-corrected chi connectivity index (χ2v) is 5.69. The number of aliphatic hydroxyl groups excluding tert-OH is 1. The van der Waals surface area contributed by atoms with Crippen LogP contribution < -0.4 is 11.1 Å². The average Bonchev–Trinajstić information content (AvgIpc) is 2.91. The lowest BCUT2D eigenvalue weighted by atomic mass is 10.1. The van der Waals surface area contributed by atoms with Crippen LogP contribution in [0.1, 0.15) is 31.2 Å². The number of nitrogens with two attached hydrogens (primary N) is 1. The fourth-order valence-corrected chi connectivity index (χ4v) is 2.84. The number of nitrogen functional groups attached to an aromatic ring is 1. The molecule has 0 saturated carbocycles. The quantitative estimate of drug-likeness (QED) is 0.698. The van der Waals surface area contributed by atoms with Crippen LogP contribution in [-0.2, 0) is 4.79 Å². The van der Waals surface area contributed by atoms with E-state index >= 15 is 0 Å². The molecule has 1 aromatic carbocycles. The molecule has 1 aliphatic rings. The number of rotatable bonds is 6. The highest BCUT2D eigenvalue weighted by Gasteiger charge is 2.23. The van der Waals surface area contributed by atoms with E-state index in [9.17, 15) is 9.90 Å². The predicted octanol–water partition coefficient (Wildman–Crippen LogP) is 1.75. The van der Waals surface area contributed by atoms with Crippen molar-refractivity contribution in [2.45, 2.75) is 38.6 Å². The second kappa shape index (κ2) is 7.43. The summed E-state index contributed by atoms with van der Waals surface area (Å²) in [6.07, 6.45) is 3.50. The van der Waals surface area contributed by atoms with Crippen molar-refractivity contribution >= 4 is 17.3 Å². The average molecular weight is 291 g/mol. The molecule has 0 aliphatic carbocycles.